The van der Waals surface area contributed by atoms with Gasteiger partial charge in [-0.2, -0.15) is 5.26 Å². The van der Waals surface area contributed by atoms with Crippen LogP contribution in [0.5, 0.6) is 0 Å². The summed E-state index contributed by atoms with van der Waals surface area (Å²) in [5.41, 5.74) is 2.90. The molecule has 0 radical (unpaired) electrons. The summed E-state index contributed by atoms with van der Waals surface area (Å²) in [5.74, 6) is -0.461. The van der Waals surface area contributed by atoms with E-state index in [0.717, 1.165) is 28.6 Å². The first kappa shape index (κ1) is 17.1. The molecule has 0 heterocycles. The predicted octanol–water partition coefficient (Wildman–Crippen LogP) is 2.43. The summed E-state index contributed by atoms with van der Waals surface area (Å²) in [5, 5.41) is 11.3. The van der Waals surface area contributed by atoms with Crippen LogP contribution in [0.4, 0.5) is 5.69 Å². The second-order valence-corrected chi connectivity index (χ2v) is 5.61. The van der Waals surface area contributed by atoms with Crippen molar-refractivity contribution in [2.75, 3.05) is 16.8 Å². The molecule has 1 atom stereocenters. The highest BCUT2D eigenvalue weighted by atomic mass is 32.2. The van der Waals surface area contributed by atoms with Gasteiger partial charge in [0.05, 0.1) is 11.5 Å². The summed E-state index contributed by atoms with van der Waals surface area (Å²) in [6.45, 7) is 5.41. The van der Waals surface area contributed by atoms with Gasteiger partial charge in [-0.15, -0.1) is 11.8 Å². The fourth-order valence-corrected chi connectivity index (χ4v) is 2.22. The van der Waals surface area contributed by atoms with Crippen LogP contribution < -0.4 is 5.32 Å². The lowest BCUT2D eigenvalue weighted by atomic mass is 10.1. The van der Waals surface area contributed by atoms with Crippen LogP contribution in [0, 0.1) is 25.2 Å². The Morgan fingerprint density at radius 3 is 2.71 bits per heavy atom. The zero-order chi connectivity index (χ0) is 15.8. The number of aryl methyl sites for hydroxylation is 2. The van der Waals surface area contributed by atoms with E-state index in [2.05, 4.69) is 5.32 Å². The van der Waals surface area contributed by atoms with Crippen molar-refractivity contribution in [3.63, 3.8) is 0 Å². The van der Waals surface area contributed by atoms with E-state index in [0.29, 0.717) is 0 Å². The Morgan fingerprint density at radius 2 is 2.10 bits per heavy atom. The van der Waals surface area contributed by atoms with E-state index in [1.807, 2.05) is 32.0 Å². The van der Waals surface area contributed by atoms with Gasteiger partial charge in [0.25, 0.3) is 0 Å². The van der Waals surface area contributed by atoms with Crippen LogP contribution in [0.2, 0.25) is 0 Å². The lowest BCUT2D eigenvalue weighted by Gasteiger charge is -2.09. The molecule has 0 saturated carbocycles. The highest BCUT2D eigenvalue weighted by molar-refractivity contribution is 8.00. The largest absolute Gasteiger partial charge is 0.447 e. The maximum Gasteiger partial charge on any atom is 0.317 e. The van der Waals surface area contributed by atoms with E-state index < -0.39 is 12.1 Å². The van der Waals surface area contributed by atoms with Gasteiger partial charge in [-0.3, -0.25) is 9.59 Å². The first-order valence-corrected chi connectivity index (χ1v) is 7.61. The smallest absolute Gasteiger partial charge is 0.317 e. The fraction of sp³-hybridized carbons (Fsp3) is 0.400. The van der Waals surface area contributed by atoms with Gasteiger partial charge in [0.2, 0.25) is 5.91 Å². The molecule has 0 unspecified atom stereocenters. The monoisotopic (exact) mass is 306 g/mol. The van der Waals surface area contributed by atoms with E-state index in [9.17, 15) is 9.59 Å². The quantitative estimate of drug-likeness (QED) is 0.817. The minimum absolute atomic E-state index is 0.0479. The maximum absolute atomic E-state index is 11.8. The summed E-state index contributed by atoms with van der Waals surface area (Å²) >= 11 is 1.15. The molecule has 1 aromatic carbocycles. The van der Waals surface area contributed by atoms with E-state index in [1.165, 1.54) is 6.92 Å². The topological polar surface area (TPSA) is 79.2 Å². The van der Waals surface area contributed by atoms with Crippen LogP contribution in [-0.4, -0.2) is 29.5 Å². The highest BCUT2D eigenvalue weighted by Crippen LogP contribution is 2.16. The number of rotatable bonds is 6. The van der Waals surface area contributed by atoms with Crippen LogP contribution in [0.25, 0.3) is 0 Å². The van der Waals surface area contributed by atoms with Crippen molar-refractivity contribution in [3.8, 4) is 6.07 Å². The standard InChI is InChI=1S/C15H18N2O3S/c1-10-4-5-13(11(2)6-10)17-14(18)8-21-9-15(19)20-12(3)7-16/h4-6,12H,8-9H2,1-3H3,(H,17,18)/t12-/m1/s1. The van der Waals surface area contributed by atoms with E-state index in [-0.39, 0.29) is 17.4 Å². The van der Waals surface area contributed by atoms with Crippen molar-refractivity contribution in [1.29, 1.82) is 5.26 Å². The van der Waals surface area contributed by atoms with E-state index in [1.54, 1.807) is 6.07 Å². The van der Waals surface area contributed by atoms with Crippen molar-refractivity contribution in [1.82, 2.24) is 0 Å². The molecule has 6 heteroatoms. The molecule has 0 aromatic heterocycles. The molecule has 21 heavy (non-hydrogen) atoms. The van der Waals surface area contributed by atoms with Crippen molar-refractivity contribution in [3.05, 3.63) is 29.3 Å². The van der Waals surface area contributed by atoms with Gasteiger partial charge in [0, 0.05) is 5.69 Å². The lowest BCUT2D eigenvalue weighted by Crippen LogP contribution is -2.18. The second-order valence-electron chi connectivity index (χ2n) is 4.62. The zero-order valence-corrected chi connectivity index (χ0v) is 13.1. The van der Waals surface area contributed by atoms with Crippen molar-refractivity contribution < 1.29 is 14.3 Å². The number of anilines is 1. The Balaban J connectivity index is 2.35. The van der Waals surface area contributed by atoms with Gasteiger partial charge >= 0.3 is 5.97 Å². The molecule has 0 aliphatic rings. The summed E-state index contributed by atoms with van der Waals surface area (Å²) in [6.07, 6.45) is -0.762. The molecule has 1 N–H and O–H groups in total. The molecule has 1 aromatic rings. The molecule has 5 nitrogen and oxygen atoms in total. The SMILES string of the molecule is Cc1ccc(NC(=O)CSCC(=O)O[C@H](C)C#N)c(C)c1. The molecule has 0 aliphatic carbocycles. The number of hydrogen-bond donors (Lipinski definition) is 1. The van der Waals surface area contributed by atoms with Gasteiger partial charge in [-0.05, 0) is 32.4 Å². The first-order chi connectivity index (χ1) is 9.92. The Bertz CT molecular complexity index is 567. The summed E-state index contributed by atoms with van der Waals surface area (Å²) < 4.78 is 4.78. The first-order valence-electron chi connectivity index (χ1n) is 6.46. The van der Waals surface area contributed by atoms with E-state index >= 15 is 0 Å². The Morgan fingerprint density at radius 1 is 1.38 bits per heavy atom. The van der Waals surface area contributed by atoms with E-state index in [4.69, 9.17) is 10.00 Å². The third kappa shape index (κ3) is 6.32. The molecule has 1 amide bonds. The number of amides is 1. The molecule has 0 saturated heterocycles. The number of nitriles is 1. The van der Waals surface area contributed by atoms with Gasteiger partial charge in [0.15, 0.2) is 6.10 Å². The maximum atomic E-state index is 11.8. The predicted molar refractivity (Wildman–Crippen MR) is 83.0 cm³/mol. The van der Waals surface area contributed by atoms with Crippen molar-refractivity contribution in [2.45, 2.75) is 26.9 Å². The minimum atomic E-state index is -0.762. The van der Waals surface area contributed by atoms with Crippen molar-refractivity contribution >= 4 is 29.3 Å². The van der Waals surface area contributed by atoms with Crippen LogP contribution in [0.1, 0.15) is 18.1 Å². The average Bonchev–Trinajstić information content (AvgIpc) is 2.41. The Kier molecular flexibility index (Phi) is 6.76. The molecular weight excluding hydrogens is 288 g/mol. The molecule has 0 bridgehead atoms. The molecule has 1 rings (SSSR count). The number of thioether (sulfide) groups is 1. The number of nitrogens with one attached hydrogen (secondary N) is 1. The van der Waals surface area contributed by atoms with Crippen LogP contribution in [0.15, 0.2) is 18.2 Å². The number of carbonyl (C=O) groups is 2. The number of benzene rings is 1. The molecule has 0 aliphatic heterocycles. The number of ether oxygens (including phenoxy) is 1. The molecular formula is C15H18N2O3S. The van der Waals surface area contributed by atoms with Gasteiger partial charge in [-0.1, -0.05) is 17.7 Å². The van der Waals surface area contributed by atoms with Gasteiger partial charge in [-0.25, -0.2) is 0 Å². The average molecular weight is 306 g/mol. The third-order valence-corrected chi connectivity index (χ3v) is 3.51. The number of carbonyl (C=O) groups excluding carboxylic acids is 2. The van der Waals surface area contributed by atoms with Crippen LogP contribution in [-0.2, 0) is 14.3 Å². The van der Waals surface area contributed by atoms with Gasteiger partial charge in [0.1, 0.15) is 6.07 Å². The molecule has 0 fully saturated rings. The number of hydrogen-bond acceptors (Lipinski definition) is 5. The summed E-state index contributed by atoms with van der Waals surface area (Å²) in [6, 6.07) is 7.58. The minimum Gasteiger partial charge on any atom is -0.447 e. The Hall–Kier alpha value is -2.00. The number of nitrogens with zero attached hydrogens (tertiary/aromatic N) is 1. The second kappa shape index (κ2) is 8.32. The Labute approximate surface area is 128 Å². The summed E-state index contributed by atoms with van der Waals surface area (Å²) in [4.78, 5) is 23.1. The molecule has 112 valence electrons. The van der Waals surface area contributed by atoms with Crippen LogP contribution >= 0.6 is 11.8 Å². The lowest BCUT2D eigenvalue weighted by molar-refractivity contribution is -0.142. The highest BCUT2D eigenvalue weighted by Gasteiger charge is 2.10. The summed E-state index contributed by atoms with van der Waals surface area (Å²) in [7, 11) is 0. The van der Waals surface area contributed by atoms with Crippen LogP contribution in [0.3, 0.4) is 0 Å². The van der Waals surface area contributed by atoms with Gasteiger partial charge < -0.3 is 10.1 Å². The third-order valence-electron chi connectivity index (χ3n) is 2.60. The van der Waals surface area contributed by atoms with Crippen molar-refractivity contribution in [2.24, 2.45) is 0 Å². The molecule has 0 spiro atoms. The zero-order valence-electron chi connectivity index (χ0n) is 12.3. The fourth-order valence-electron chi connectivity index (χ4n) is 1.62. The normalized spacial score (nSPS) is 11.3. The number of esters is 1.